The van der Waals surface area contributed by atoms with Crippen molar-refractivity contribution in [1.82, 2.24) is 19.6 Å². The summed E-state index contributed by atoms with van der Waals surface area (Å²) in [6.45, 7) is 5.72. The number of hydrogen-bond donors (Lipinski definition) is 1. The smallest absolute Gasteiger partial charge is 0.253 e. The monoisotopic (exact) mass is 356 g/mol. The van der Waals surface area contributed by atoms with Gasteiger partial charge in [-0.15, -0.1) is 11.3 Å². The molecule has 132 valence electrons. The lowest BCUT2D eigenvalue weighted by molar-refractivity contribution is 0.0953. The molecule has 3 rings (SSSR count). The first-order valence-corrected chi connectivity index (χ1v) is 9.34. The predicted octanol–water partition coefficient (Wildman–Crippen LogP) is 3.48. The predicted molar refractivity (Wildman–Crippen MR) is 103 cm³/mol. The van der Waals surface area contributed by atoms with Crippen LogP contribution in [0, 0.1) is 0 Å². The molecule has 5 nitrogen and oxygen atoms in total. The van der Waals surface area contributed by atoms with Gasteiger partial charge in [0, 0.05) is 30.6 Å². The van der Waals surface area contributed by atoms with Crippen LogP contribution in [-0.4, -0.2) is 47.4 Å². The molecule has 0 radical (unpaired) electrons. The standard InChI is InChI=1S/C19H24N4OS/c1-13(2)19-21-15(12-25-19)17-11-14(16-7-5-6-9-23(16)17)18(24)20-8-10-22(3)4/h5-7,9,11-13H,8,10H2,1-4H3,(H,20,24). The van der Waals surface area contributed by atoms with Crippen LogP contribution in [0.5, 0.6) is 0 Å². The van der Waals surface area contributed by atoms with Gasteiger partial charge in [0.2, 0.25) is 0 Å². The van der Waals surface area contributed by atoms with Crippen LogP contribution in [-0.2, 0) is 0 Å². The van der Waals surface area contributed by atoms with Crippen molar-refractivity contribution in [2.45, 2.75) is 19.8 Å². The molecule has 0 aliphatic rings. The lowest BCUT2D eigenvalue weighted by atomic mass is 10.2. The Hall–Kier alpha value is -2.18. The van der Waals surface area contributed by atoms with Crippen LogP contribution < -0.4 is 5.32 Å². The number of carbonyl (C=O) groups excluding carboxylic acids is 1. The average molecular weight is 356 g/mol. The van der Waals surface area contributed by atoms with Crippen molar-refractivity contribution >= 4 is 22.8 Å². The molecule has 0 unspecified atom stereocenters. The number of hydrogen-bond acceptors (Lipinski definition) is 4. The Morgan fingerprint density at radius 1 is 1.36 bits per heavy atom. The molecule has 1 amide bonds. The van der Waals surface area contributed by atoms with Crippen molar-refractivity contribution in [1.29, 1.82) is 0 Å². The number of amides is 1. The molecule has 6 heteroatoms. The van der Waals surface area contributed by atoms with Crippen molar-refractivity contribution in [3.63, 3.8) is 0 Å². The van der Waals surface area contributed by atoms with Crippen LogP contribution in [0.15, 0.2) is 35.8 Å². The summed E-state index contributed by atoms with van der Waals surface area (Å²) in [6.07, 6.45) is 1.98. The van der Waals surface area contributed by atoms with E-state index in [9.17, 15) is 4.79 Å². The average Bonchev–Trinajstić information content (AvgIpc) is 3.19. The highest BCUT2D eigenvalue weighted by atomic mass is 32.1. The number of pyridine rings is 1. The molecule has 0 aliphatic heterocycles. The SMILES string of the molecule is CC(C)c1nc(-c2cc(C(=O)NCCN(C)C)c3ccccn23)cs1. The van der Waals surface area contributed by atoms with E-state index in [-0.39, 0.29) is 5.91 Å². The van der Waals surface area contributed by atoms with Crippen molar-refractivity contribution in [2.24, 2.45) is 0 Å². The van der Waals surface area contributed by atoms with Crippen molar-refractivity contribution < 1.29 is 4.79 Å². The van der Waals surface area contributed by atoms with Gasteiger partial charge in [0.15, 0.2) is 0 Å². The van der Waals surface area contributed by atoms with E-state index in [1.54, 1.807) is 11.3 Å². The minimum Gasteiger partial charge on any atom is -0.351 e. The highest BCUT2D eigenvalue weighted by Gasteiger charge is 2.18. The van der Waals surface area contributed by atoms with Crippen LogP contribution in [0.3, 0.4) is 0 Å². The molecule has 0 fully saturated rings. The van der Waals surface area contributed by atoms with Crippen LogP contribution >= 0.6 is 11.3 Å². The highest BCUT2D eigenvalue weighted by Crippen LogP contribution is 2.29. The van der Waals surface area contributed by atoms with Gasteiger partial charge in [-0.3, -0.25) is 4.79 Å². The van der Waals surface area contributed by atoms with Gasteiger partial charge in [-0.1, -0.05) is 19.9 Å². The summed E-state index contributed by atoms with van der Waals surface area (Å²) in [6, 6.07) is 7.84. The second-order valence-corrected chi connectivity index (χ2v) is 7.57. The van der Waals surface area contributed by atoms with Gasteiger partial charge >= 0.3 is 0 Å². The molecular weight excluding hydrogens is 332 g/mol. The Morgan fingerprint density at radius 3 is 2.84 bits per heavy atom. The summed E-state index contributed by atoms with van der Waals surface area (Å²) >= 11 is 1.67. The van der Waals surface area contributed by atoms with Crippen molar-refractivity contribution in [3.05, 3.63) is 46.4 Å². The van der Waals surface area contributed by atoms with E-state index in [0.29, 0.717) is 18.0 Å². The molecule has 3 heterocycles. The maximum Gasteiger partial charge on any atom is 0.253 e. The summed E-state index contributed by atoms with van der Waals surface area (Å²) < 4.78 is 2.04. The van der Waals surface area contributed by atoms with Crippen LogP contribution in [0.25, 0.3) is 16.9 Å². The van der Waals surface area contributed by atoms with E-state index in [1.165, 1.54) is 0 Å². The van der Waals surface area contributed by atoms with E-state index >= 15 is 0 Å². The Bertz CT molecular complexity index is 879. The first-order chi connectivity index (χ1) is 12.0. The first kappa shape index (κ1) is 17.6. The zero-order valence-electron chi connectivity index (χ0n) is 15.1. The van der Waals surface area contributed by atoms with Gasteiger partial charge in [-0.2, -0.15) is 0 Å². The number of nitrogens with zero attached hydrogens (tertiary/aromatic N) is 3. The topological polar surface area (TPSA) is 49.6 Å². The second kappa shape index (κ2) is 7.37. The fourth-order valence-corrected chi connectivity index (χ4v) is 3.52. The van der Waals surface area contributed by atoms with Crippen LogP contribution in [0.4, 0.5) is 0 Å². The fraction of sp³-hybridized carbons (Fsp3) is 0.368. The summed E-state index contributed by atoms with van der Waals surface area (Å²) in [5.41, 5.74) is 3.46. The highest BCUT2D eigenvalue weighted by molar-refractivity contribution is 7.10. The molecule has 0 saturated carbocycles. The maximum atomic E-state index is 12.6. The third kappa shape index (κ3) is 3.75. The van der Waals surface area contributed by atoms with E-state index < -0.39 is 0 Å². The quantitative estimate of drug-likeness (QED) is 0.736. The number of fused-ring (bicyclic) bond motifs is 1. The molecule has 0 atom stereocenters. The number of thiazole rings is 1. The normalized spacial score (nSPS) is 11.6. The molecule has 0 saturated heterocycles. The number of nitrogens with one attached hydrogen (secondary N) is 1. The van der Waals surface area contributed by atoms with Gasteiger partial charge < -0.3 is 14.6 Å². The van der Waals surface area contributed by atoms with E-state index in [2.05, 4.69) is 24.5 Å². The number of likely N-dealkylation sites (N-methyl/N-ethyl adjacent to an activating group) is 1. The molecule has 3 aromatic rings. The van der Waals surface area contributed by atoms with Crippen LogP contribution in [0.2, 0.25) is 0 Å². The zero-order chi connectivity index (χ0) is 18.0. The Balaban J connectivity index is 1.96. The van der Waals surface area contributed by atoms with E-state index in [0.717, 1.165) is 28.5 Å². The van der Waals surface area contributed by atoms with Crippen molar-refractivity contribution in [2.75, 3.05) is 27.2 Å². The molecule has 3 aromatic heterocycles. The third-order valence-corrected chi connectivity index (χ3v) is 5.19. The van der Waals surface area contributed by atoms with Gasteiger partial charge in [0.1, 0.15) is 0 Å². The lowest BCUT2D eigenvalue weighted by Crippen LogP contribution is -2.31. The minimum atomic E-state index is -0.0453. The molecule has 25 heavy (non-hydrogen) atoms. The maximum absolute atomic E-state index is 12.6. The summed E-state index contributed by atoms with van der Waals surface area (Å²) in [5, 5.41) is 6.18. The zero-order valence-corrected chi connectivity index (χ0v) is 15.9. The van der Waals surface area contributed by atoms with E-state index in [1.807, 2.05) is 53.9 Å². The molecule has 1 N–H and O–H groups in total. The van der Waals surface area contributed by atoms with Crippen LogP contribution in [0.1, 0.15) is 35.1 Å². The second-order valence-electron chi connectivity index (χ2n) is 6.68. The summed E-state index contributed by atoms with van der Waals surface area (Å²) in [5.74, 6) is 0.356. The minimum absolute atomic E-state index is 0.0453. The first-order valence-electron chi connectivity index (χ1n) is 8.46. The van der Waals surface area contributed by atoms with Gasteiger partial charge in [-0.25, -0.2) is 4.98 Å². The van der Waals surface area contributed by atoms with Gasteiger partial charge in [0.05, 0.1) is 27.5 Å². The molecule has 0 aliphatic carbocycles. The Morgan fingerprint density at radius 2 is 2.16 bits per heavy atom. The molecule has 0 aromatic carbocycles. The third-order valence-electron chi connectivity index (χ3n) is 4.04. The molecule has 0 bridgehead atoms. The lowest BCUT2D eigenvalue weighted by Gasteiger charge is -2.10. The van der Waals surface area contributed by atoms with Gasteiger partial charge in [-0.05, 0) is 32.3 Å². The number of aromatic nitrogens is 2. The Labute approximate surface area is 152 Å². The van der Waals surface area contributed by atoms with E-state index in [4.69, 9.17) is 4.98 Å². The van der Waals surface area contributed by atoms with Crippen molar-refractivity contribution in [3.8, 4) is 11.4 Å². The fourth-order valence-electron chi connectivity index (χ4n) is 2.69. The Kier molecular flexibility index (Phi) is 5.20. The summed E-state index contributed by atoms with van der Waals surface area (Å²) in [4.78, 5) is 19.4. The summed E-state index contributed by atoms with van der Waals surface area (Å²) in [7, 11) is 3.99. The molecule has 0 spiro atoms. The molecular formula is C19H24N4OS. The number of rotatable bonds is 6. The largest absolute Gasteiger partial charge is 0.351 e. The van der Waals surface area contributed by atoms with Gasteiger partial charge in [0.25, 0.3) is 5.91 Å². The number of carbonyl (C=O) groups is 1.